The maximum atomic E-state index is 13.4. The smallest absolute Gasteiger partial charge is 0.210 e. The second-order valence-corrected chi connectivity index (χ2v) is 8.33. The van der Waals surface area contributed by atoms with Gasteiger partial charge in [-0.2, -0.15) is 0 Å². The summed E-state index contributed by atoms with van der Waals surface area (Å²) in [4.78, 5) is 3.91. The summed E-state index contributed by atoms with van der Waals surface area (Å²) in [5.41, 5.74) is 1.30. The third-order valence-corrected chi connectivity index (χ3v) is 6.55. The van der Waals surface area contributed by atoms with E-state index in [1.807, 2.05) is 0 Å². The summed E-state index contributed by atoms with van der Waals surface area (Å²) in [6, 6.07) is 16.9. The van der Waals surface area contributed by atoms with Gasteiger partial charge < -0.3 is 0 Å². The number of hydrogen-bond donors (Lipinski definition) is 0. The van der Waals surface area contributed by atoms with Crippen LogP contribution in [-0.4, -0.2) is 13.4 Å². The van der Waals surface area contributed by atoms with Crippen molar-refractivity contribution >= 4 is 32.3 Å². The molecule has 4 aromatic rings. The summed E-state index contributed by atoms with van der Waals surface area (Å²) in [5, 5.41) is 0.349. The van der Waals surface area contributed by atoms with Gasteiger partial charge in [0.05, 0.1) is 10.4 Å². The Balaban J connectivity index is 2.11. The largest absolute Gasteiger partial charge is 0.235 e. The Hall–Kier alpha value is -2.83. The number of fused-ring (bicyclic) bond motifs is 1. The van der Waals surface area contributed by atoms with Crippen molar-refractivity contribution < 1.29 is 17.2 Å². The van der Waals surface area contributed by atoms with E-state index < -0.39 is 21.5 Å². The quantitative estimate of drug-likeness (QED) is 0.320. The fraction of sp³-hybridized carbons (Fsp3) is 0. The van der Waals surface area contributed by atoms with Gasteiger partial charge in [0.15, 0.2) is 0 Å². The monoisotopic (exact) mass is 415 g/mol. The molecule has 0 aliphatic heterocycles. The number of hydrogen-bond acceptors (Lipinski definition) is 3. The maximum Gasteiger partial charge on any atom is 0.210 e. The van der Waals surface area contributed by atoms with Gasteiger partial charge in [0, 0.05) is 10.9 Å². The van der Waals surface area contributed by atoms with Crippen LogP contribution in [0.2, 0.25) is 5.15 Å². The number of rotatable bonds is 3. The van der Waals surface area contributed by atoms with E-state index in [0.717, 1.165) is 12.1 Å². The van der Waals surface area contributed by atoms with Gasteiger partial charge in [-0.05, 0) is 48.0 Å². The fourth-order valence-corrected chi connectivity index (χ4v) is 5.03. The van der Waals surface area contributed by atoms with Crippen molar-refractivity contribution in [3.8, 4) is 11.1 Å². The molecular formula is C21H12ClF2NO2S. The molecule has 0 radical (unpaired) electrons. The van der Waals surface area contributed by atoms with Crippen LogP contribution in [0, 0.1) is 11.6 Å². The molecular weight excluding hydrogens is 404 g/mol. The van der Waals surface area contributed by atoms with Crippen molar-refractivity contribution in [2.75, 3.05) is 0 Å². The van der Waals surface area contributed by atoms with E-state index in [4.69, 9.17) is 11.6 Å². The maximum absolute atomic E-state index is 13.4. The SMILES string of the molecule is O=S(=O)(c1ccc(F)cc1)c1c(Cl)nc2ccccc2c1-c1ccc(F)cc1. The van der Waals surface area contributed by atoms with Crippen molar-refractivity contribution in [1.29, 1.82) is 0 Å². The molecule has 1 heterocycles. The fourth-order valence-electron chi connectivity index (χ4n) is 3.04. The average molecular weight is 416 g/mol. The molecule has 0 aliphatic rings. The van der Waals surface area contributed by atoms with Gasteiger partial charge in [0.2, 0.25) is 9.84 Å². The first-order valence-electron chi connectivity index (χ1n) is 8.23. The molecule has 0 saturated carbocycles. The summed E-state index contributed by atoms with van der Waals surface area (Å²) >= 11 is 6.32. The van der Waals surface area contributed by atoms with Crippen molar-refractivity contribution in [1.82, 2.24) is 4.98 Å². The molecule has 7 heteroatoms. The Bertz CT molecular complexity index is 1290. The van der Waals surface area contributed by atoms with Gasteiger partial charge in [-0.25, -0.2) is 22.2 Å². The van der Waals surface area contributed by atoms with Gasteiger partial charge in [-0.1, -0.05) is 41.9 Å². The van der Waals surface area contributed by atoms with Crippen LogP contribution in [0.25, 0.3) is 22.0 Å². The minimum Gasteiger partial charge on any atom is -0.235 e. The van der Waals surface area contributed by atoms with Gasteiger partial charge in [0.1, 0.15) is 21.7 Å². The number of aromatic nitrogens is 1. The van der Waals surface area contributed by atoms with Crippen molar-refractivity contribution in [3.63, 3.8) is 0 Å². The van der Waals surface area contributed by atoms with Crippen LogP contribution in [0.15, 0.2) is 82.6 Å². The molecule has 3 nitrogen and oxygen atoms in total. The molecule has 0 fully saturated rings. The number of nitrogens with zero attached hydrogens (tertiary/aromatic N) is 1. The summed E-state index contributed by atoms with van der Waals surface area (Å²) in [5.74, 6) is -1.00. The van der Waals surface area contributed by atoms with Crippen molar-refractivity contribution in [2.45, 2.75) is 9.79 Å². The Morgan fingerprint density at radius 2 is 1.36 bits per heavy atom. The van der Waals surface area contributed by atoms with E-state index in [1.54, 1.807) is 24.3 Å². The van der Waals surface area contributed by atoms with E-state index >= 15 is 0 Å². The number of para-hydroxylation sites is 1. The van der Waals surface area contributed by atoms with Crippen LogP contribution in [0.1, 0.15) is 0 Å². The molecule has 28 heavy (non-hydrogen) atoms. The minimum atomic E-state index is -4.12. The second kappa shape index (κ2) is 6.96. The predicted octanol–water partition coefficient (Wildman–Crippen LogP) is 5.67. The Morgan fingerprint density at radius 3 is 2.00 bits per heavy atom. The molecule has 0 atom stereocenters. The molecule has 0 aliphatic carbocycles. The predicted molar refractivity (Wildman–Crippen MR) is 104 cm³/mol. The first-order valence-corrected chi connectivity index (χ1v) is 10.1. The van der Waals surface area contributed by atoms with Gasteiger partial charge in [-0.3, -0.25) is 0 Å². The topological polar surface area (TPSA) is 47.0 Å². The van der Waals surface area contributed by atoms with E-state index in [-0.39, 0.29) is 14.9 Å². The standard InChI is InChI=1S/C21H12ClF2NO2S/c22-21-20(28(26,27)16-11-9-15(24)10-12-16)19(13-5-7-14(23)8-6-13)17-3-1-2-4-18(17)25-21/h1-12H. The first kappa shape index (κ1) is 18.5. The third kappa shape index (κ3) is 3.15. The lowest BCUT2D eigenvalue weighted by Crippen LogP contribution is -2.07. The molecule has 0 bridgehead atoms. The zero-order valence-electron chi connectivity index (χ0n) is 14.2. The molecule has 4 rings (SSSR count). The van der Waals surface area contributed by atoms with Crippen LogP contribution in [-0.2, 0) is 9.84 Å². The highest BCUT2D eigenvalue weighted by molar-refractivity contribution is 7.91. The van der Waals surface area contributed by atoms with Crippen molar-refractivity contribution in [2.24, 2.45) is 0 Å². The number of sulfone groups is 1. The summed E-state index contributed by atoms with van der Waals surface area (Å²) in [6.07, 6.45) is 0. The van der Waals surface area contributed by atoms with E-state index in [2.05, 4.69) is 4.98 Å². The third-order valence-electron chi connectivity index (χ3n) is 4.33. The Morgan fingerprint density at radius 1 is 0.786 bits per heavy atom. The van der Waals surface area contributed by atoms with Crippen LogP contribution in [0.3, 0.4) is 0 Å². The first-order chi connectivity index (χ1) is 13.4. The molecule has 3 aromatic carbocycles. The van der Waals surface area contributed by atoms with Gasteiger partial charge >= 0.3 is 0 Å². The van der Waals surface area contributed by atoms with Crippen LogP contribution < -0.4 is 0 Å². The molecule has 0 saturated heterocycles. The second-order valence-electron chi connectivity index (χ2n) is 6.09. The normalized spacial score (nSPS) is 11.7. The number of halogens is 3. The van der Waals surface area contributed by atoms with Crippen LogP contribution >= 0.6 is 11.6 Å². The number of benzene rings is 3. The summed E-state index contributed by atoms with van der Waals surface area (Å²) in [6.45, 7) is 0. The number of pyridine rings is 1. The molecule has 0 amide bonds. The molecule has 140 valence electrons. The lowest BCUT2D eigenvalue weighted by Gasteiger charge is -2.15. The lowest BCUT2D eigenvalue weighted by molar-refractivity contribution is 0.595. The van der Waals surface area contributed by atoms with E-state index in [0.29, 0.717) is 22.0 Å². The highest BCUT2D eigenvalue weighted by Gasteiger charge is 2.28. The summed E-state index contributed by atoms with van der Waals surface area (Å²) in [7, 11) is -4.12. The minimum absolute atomic E-state index is 0.115. The van der Waals surface area contributed by atoms with Gasteiger partial charge in [0.25, 0.3) is 0 Å². The highest BCUT2D eigenvalue weighted by Crippen LogP contribution is 2.40. The van der Waals surface area contributed by atoms with Gasteiger partial charge in [-0.15, -0.1) is 0 Å². The summed E-state index contributed by atoms with van der Waals surface area (Å²) < 4.78 is 53.4. The lowest BCUT2D eigenvalue weighted by atomic mass is 10.0. The van der Waals surface area contributed by atoms with E-state index in [1.165, 1.54) is 36.4 Å². The average Bonchev–Trinajstić information content (AvgIpc) is 2.68. The highest BCUT2D eigenvalue weighted by atomic mass is 35.5. The van der Waals surface area contributed by atoms with Crippen molar-refractivity contribution in [3.05, 3.63) is 89.6 Å². The Kier molecular flexibility index (Phi) is 4.61. The molecule has 1 aromatic heterocycles. The van der Waals surface area contributed by atoms with Crippen LogP contribution in [0.5, 0.6) is 0 Å². The van der Waals surface area contributed by atoms with Crippen LogP contribution in [0.4, 0.5) is 8.78 Å². The molecule has 0 unspecified atom stereocenters. The zero-order chi connectivity index (χ0) is 19.9. The Labute approximate surface area is 165 Å². The molecule has 0 N–H and O–H groups in total. The molecule has 0 spiro atoms. The van der Waals surface area contributed by atoms with E-state index in [9.17, 15) is 17.2 Å². The zero-order valence-corrected chi connectivity index (χ0v) is 15.8.